The number of amides is 1. The van der Waals surface area contributed by atoms with E-state index in [1.54, 1.807) is 0 Å². The molecule has 0 bridgehead atoms. The zero-order valence-corrected chi connectivity index (χ0v) is 16.4. The summed E-state index contributed by atoms with van der Waals surface area (Å²) in [6.45, 7) is 9.11. The average molecular weight is 375 g/mol. The molecule has 1 atom stereocenters. The second kappa shape index (κ2) is 8.70. The third-order valence-electron chi connectivity index (χ3n) is 4.25. The van der Waals surface area contributed by atoms with Crippen molar-refractivity contribution >= 4 is 22.4 Å². The van der Waals surface area contributed by atoms with Crippen molar-refractivity contribution in [2.75, 3.05) is 25.0 Å². The van der Waals surface area contributed by atoms with Crippen molar-refractivity contribution in [1.82, 2.24) is 14.9 Å². The molecule has 1 amide bonds. The van der Waals surface area contributed by atoms with Gasteiger partial charge in [-0.3, -0.25) is 14.7 Å². The summed E-state index contributed by atoms with van der Waals surface area (Å²) in [5, 5.41) is 3.41. The Morgan fingerprint density at radius 3 is 2.88 bits per heavy atom. The quantitative estimate of drug-likeness (QED) is 0.871. The fourth-order valence-corrected chi connectivity index (χ4v) is 4.25. The lowest BCUT2D eigenvalue weighted by Gasteiger charge is -2.23. The predicted molar refractivity (Wildman–Crippen MR) is 103 cm³/mol. The Morgan fingerprint density at radius 2 is 2.15 bits per heavy atom. The van der Waals surface area contributed by atoms with Gasteiger partial charge in [0.15, 0.2) is 5.13 Å². The third kappa shape index (κ3) is 5.59. The number of aryl methyl sites for hydroxylation is 2. The number of hydrogen-bond donors (Lipinski definition) is 1. The smallest absolute Gasteiger partial charge is 0.223 e. The Bertz CT molecular complexity index is 741. The SMILES string of the molecule is CC(=O)Nc1ncc(CN2CCCOC(Cc3cc(C)nc(C)c3)C2)s1. The van der Waals surface area contributed by atoms with Crippen LogP contribution in [0, 0.1) is 13.8 Å². The van der Waals surface area contributed by atoms with Crippen molar-refractivity contribution in [3.63, 3.8) is 0 Å². The van der Waals surface area contributed by atoms with Crippen LogP contribution < -0.4 is 5.32 Å². The van der Waals surface area contributed by atoms with Gasteiger partial charge in [-0.1, -0.05) is 0 Å². The van der Waals surface area contributed by atoms with Crippen LogP contribution >= 0.6 is 11.3 Å². The lowest BCUT2D eigenvalue weighted by atomic mass is 10.1. The first-order valence-corrected chi connectivity index (χ1v) is 9.80. The number of carbonyl (C=O) groups is 1. The molecule has 3 heterocycles. The summed E-state index contributed by atoms with van der Waals surface area (Å²) in [6.07, 6.45) is 3.97. The summed E-state index contributed by atoms with van der Waals surface area (Å²) in [4.78, 5) is 23.4. The summed E-state index contributed by atoms with van der Waals surface area (Å²) in [7, 11) is 0. The number of pyridine rings is 1. The number of anilines is 1. The standard InChI is InChI=1S/C19H26N4O2S/c1-13-7-16(8-14(2)21-13)9-17-11-23(5-4-6-25-17)12-18-10-20-19(26-18)22-15(3)24/h7-8,10,17H,4-6,9,11-12H2,1-3H3,(H,20,22,24). The highest BCUT2D eigenvalue weighted by atomic mass is 32.1. The molecule has 0 aliphatic carbocycles. The van der Waals surface area contributed by atoms with Crippen LogP contribution in [-0.2, 0) is 22.5 Å². The number of thiazole rings is 1. The van der Waals surface area contributed by atoms with E-state index in [-0.39, 0.29) is 12.0 Å². The Labute approximate surface area is 158 Å². The Hall–Kier alpha value is -1.83. The van der Waals surface area contributed by atoms with Gasteiger partial charge in [0.2, 0.25) is 5.91 Å². The van der Waals surface area contributed by atoms with E-state index in [1.165, 1.54) is 23.8 Å². The van der Waals surface area contributed by atoms with Crippen LogP contribution in [0.2, 0.25) is 0 Å². The van der Waals surface area contributed by atoms with Crippen LogP contribution in [0.1, 0.15) is 35.2 Å². The first-order chi connectivity index (χ1) is 12.5. The first-order valence-electron chi connectivity index (χ1n) is 8.98. The number of carbonyl (C=O) groups excluding carboxylic acids is 1. The highest BCUT2D eigenvalue weighted by Crippen LogP contribution is 2.21. The second-order valence-electron chi connectivity index (χ2n) is 6.86. The van der Waals surface area contributed by atoms with Gasteiger partial charge in [0.05, 0.1) is 6.10 Å². The van der Waals surface area contributed by atoms with Gasteiger partial charge in [-0.05, 0) is 38.0 Å². The van der Waals surface area contributed by atoms with Gasteiger partial charge in [-0.2, -0.15) is 0 Å². The van der Waals surface area contributed by atoms with Crippen molar-refractivity contribution in [1.29, 1.82) is 0 Å². The van der Waals surface area contributed by atoms with E-state index in [9.17, 15) is 4.79 Å². The Kier molecular flexibility index (Phi) is 6.34. The monoisotopic (exact) mass is 374 g/mol. The summed E-state index contributed by atoms with van der Waals surface area (Å²) in [5.41, 5.74) is 3.40. The number of ether oxygens (including phenoxy) is 1. The fourth-order valence-electron chi connectivity index (χ4n) is 3.35. The van der Waals surface area contributed by atoms with Crippen molar-refractivity contribution in [3.05, 3.63) is 40.2 Å². The second-order valence-corrected chi connectivity index (χ2v) is 7.97. The van der Waals surface area contributed by atoms with Gasteiger partial charge in [-0.25, -0.2) is 4.98 Å². The number of aromatic nitrogens is 2. The summed E-state index contributed by atoms with van der Waals surface area (Å²) in [5.74, 6) is -0.0860. The number of nitrogens with one attached hydrogen (secondary N) is 1. The van der Waals surface area contributed by atoms with Crippen LogP contribution in [0.4, 0.5) is 5.13 Å². The molecular formula is C19H26N4O2S. The molecule has 1 unspecified atom stereocenters. The van der Waals surface area contributed by atoms with Gasteiger partial charge in [0, 0.05) is 62.0 Å². The van der Waals surface area contributed by atoms with E-state index in [0.29, 0.717) is 5.13 Å². The van der Waals surface area contributed by atoms with Crippen molar-refractivity contribution in [3.8, 4) is 0 Å². The molecule has 2 aromatic rings. The summed E-state index contributed by atoms with van der Waals surface area (Å²) < 4.78 is 6.08. The highest BCUT2D eigenvalue weighted by Gasteiger charge is 2.20. The van der Waals surface area contributed by atoms with Crippen molar-refractivity contribution < 1.29 is 9.53 Å². The lowest BCUT2D eigenvalue weighted by molar-refractivity contribution is -0.114. The van der Waals surface area contributed by atoms with Crippen LogP contribution in [0.3, 0.4) is 0 Å². The molecule has 0 spiro atoms. The summed E-state index contributed by atoms with van der Waals surface area (Å²) in [6, 6.07) is 4.29. The predicted octanol–water partition coefficient (Wildman–Crippen LogP) is 2.95. The maximum Gasteiger partial charge on any atom is 0.223 e. The molecule has 0 radical (unpaired) electrons. The van der Waals surface area contributed by atoms with Crippen LogP contribution in [0.25, 0.3) is 0 Å². The lowest BCUT2D eigenvalue weighted by Crippen LogP contribution is -2.32. The molecule has 7 heteroatoms. The van der Waals surface area contributed by atoms with E-state index in [1.807, 2.05) is 20.0 Å². The van der Waals surface area contributed by atoms with Gasteiger partial charge < -0.3 is 10.1 Å². The zero-order chi connectivity index (χ0) is 18.5. The molecule has 2 aromatic heterocycles. The number of nitrogens with zero attached hydrogens (tertiary/aromatic N) is 3. The molecule has 26 heavy (non-hydrogen) atoms. The molecule has 0 saturated carbocycles. The van der Waals surface area contributed by atoms with E-state index >= 15 is 0 Å². The van der Waals surface area contributed by atoms with Gasteiger partial charge in [-0.15, -0.1) is 11.3 Å². The highest BCUT2D eigenvalue weighted by molar-refractivity contribution is 7.15. The van der Waals surface area contributed by atoms with Crippen molar-refractivity contribution in [2.45, 2.75) is 46.3 Å². The molecule has 0 aromatic carbocycles. The maximum absolute atomic E-state index is 11.1. The largest absolute Gasteiger partial charge is 0.376 e. The Balaban J connectivity index is 1.61. The third-order valence-corrected chi connectivity index (χ3v) is 5.15. The molecule has 140 valence electrons. The zero-order valence-electron chi connectivity index (χ0n) is 15.6. The van der Waals surface area contributed by atoms with Gasteiger partial charge in [0.1, 0.15) is 0 Å². The number of hydrogen-bond acceptors (Lipinski definition) is 6. The minimum Gasteiger partial charge on any atom is -0.376 e. The molecular weight excluding hydrogens is 348 g/mol. The molecule has 1 aliphatic rings. The molecule has 3 rings (SSSR count). The molecule has 1 saturated heterocycles. The molecule has 6 nitrogen and oxygen atoms in total. The van der Waals surface area contributed by atoms with E-state index in [2.05, 4.69) is 32.3 Å². The molecule has 1 N–H and O–H groups in total. The maximum atomic E-state index is 11.1. The number of rotatable bonds is 5. The summed E-state index contributed by atoms with van der Waals surface area (Å²) >= 11 is 1.54. The van der Waals surface area contributed by atoms with Gasteiger partial charge >= 0.3 is 0 Å². The van der Waals surface area contributed by atoms with Crippen molar-refractivity contribution in [2.24, 2.45) is 0 Å². The fraction of sp³-hybridized carbons (Fsp3) is 0.526. The van der Waals surface area contributed by atoms with Crippen LogP contribution in [0.15, 0.2) is 18.3 Å². The minimum absolute atomic E-state index is 0.0860. The van der Waals surface area contributed by atoms with Crippen LogP contribution in [0.5, 0.6) is 0 Å². The minimum atomic E-state index is -0.0860. The van der Waals surface area contributed by atoms with Crippen LogP contribution in [-0.4, -0.2) is 46.6 Å². The molecule has 1 aliphatic heterocycles. The Morgan fingerprint density at radius 1 is 1.38 bits per heavy atom. The first kappa shape index (κ1) is 18.9. The topological polar surface area (TPSA) is 67.4 Å². The van der Waals surface area contributed by atoms with E-state index in [0.717, 1.165) is 55.3 Å². The normalized spacial score (nSPS) is 18.5. The van der Waals surface area contributed by atoms with E-state index in [4.69, 9.17) is 4.74 Å². The van der Waals surface area contributed by atoms with E-state index < -0.39 is 0 Å². The molecule has 1 fully saturated rings. The average Bonchev–Trinajstić information content (AvgIpc) is 2.84. The van der Waals surface area contributed by atoms with Gasteiger partial charge in [0.25, 0.3) is 0 Å².